The van der Waals surface area contributed by atoms with Crippen molar-refractivity contribution in [1.82, 2.24) is 0 Å². The Morgan fingerprint density at radius 3 is 2.35 bits per heavy atom. The monoisotopic (exact) mass is 255 g/mol. The van der Waals surface area contributed by atoms with Gasteiger partial charge >= 0.3 is 5.97 Å². The van der Waals surface area contributed by atoms with Gasteiger partial charge in [0.25, 0.3) is 0 Å². The number of carbonyl (C=O) groups is 1. The zero-order valence-corrected chi connectivity index (χ0v) is 11.0. The van der Waals surface area contributed by atoms with E-state index < -0.39 is 12.0 Å². The van der Waals surface area contributed by atoms with Gasteiger partial charge in [-0.05, 0) is 24.3 Å². The predicted molar refractivity (Wildman–Crippen MR) is 68.3 cm³/mol. The molecule has 0 spiro atoms. The first kappa shape index (κ1) is 13.9. The SMILES string of the molecule is COC(=O)[C@@H](N)[C@@H](C)Sc1ccc(OC)cc1. The van der Waals surface area contributed by atoms with Crippen LogP contribution in [-0.2, 0) is 9.53 Å². The van der Waals surface area contributed by atoms with E-state index in [1.807, 2.05) is 31.2 Å². The van der Waals surface area contributed by atoms with Gasteiger partial charge in [0.1, 0.15) is 11.8 Å². The number of thioether (sulfide) groups is 1. The average molecular weight is 255 g/mol. The Balaban J connectivity index is 2.60. The van der Waals surface area contributed by atoms with Crippen molar-refractivity contribution in [3.05, 3.63) is 24.3 Å². The van der Waals surface area contributed by atoms with Crippen molar-refractivity contribution in [2.45, 2.75) is 23.1 Å². The molecule has 0 aliphatic heterocycles. The molecule has 1 aromatic carbocycles. The summed E-state index contributed by atoms with van der Waals surface area (Å²) in [5.74, 6) is 0.415. The van der Waals surface area contributed by atoms with Crippen LogP contribution >= 0.6 is 11.8 Å². The Morgan fingerprint density at radius 2 is 1.88 bits per heavy atom. The van der Waals surface area contributed by atoms with Gasteiger partial charge in [-0.1, -0.05) is 6.92 Å². The number of hydrogen-bond donors (Lipinski definition) is 1. The van der Waals surface area contributed by atoms with Crippen LogP contribution in [0.15, 0.2) is 29.2 Å². The molecule has 0 saturated carbocycles. The number of ether oxygens (including phenoxy) is 2. The van der Waals surface area contributed by atoms with Crippen molar-refractivity contribution in [2.75, 3.05) is 14.2 Å². The molecule has 0 saturated heterocycles. The molecule has 0 aliphatic rings. The van der Waals surface area contributed by atoms with Crippen LogP contribution in [0.2, 0.25) is 0 Å². The summed E-state index contributed by atoms with van der Waals surface area (Å²) >= 11 is 1.53. The highest BCUT2D eigenvalue weighted by atomic mass is 32.2. The summed E-state index contributed by atoms with van der Waals surface area (Å²) < 4.78 is 9.68. The summed E-state index contributed by atoms with van der Waals surface area (Å²) in [7, 11) is 2.96. The third kappa shape index (κ3) is 3.94. The third-order valence-corrected chi connectivity index (χ3v) is 3.57. The lowest BCUT2D eigenvalue weighted by Crippen LogP contribution is -2.39. The van der Waals surface area contributed by atoms with Crippen LogP contribution in [0.1, 0.15) is 6.92 Å². The molecule has 0 radical (unpaired) electrons. The zero-order valence-electron chi connectivity index (χ0n) is 10.2. The summed E-state index contributed by atoms with van der Waals surface area (Å²) in [6.07, 6.45) is 0. The minimum atomic E-state index is -0.618. The first-order valence-electron chi connectivity index (χ1n) is 5.22. The lowest BCUT2D eigenvalue weighted by atomic mass is 10.2. The summed E-state index contributed by atoms with van der Waals surface area (Å²) in [5, 5.41) is -0.0455. The molecule has 2 N–H and O–H groups in total. The number of benzene rings is 1. The maximum Gasteiger partial charge on any atom is 0.323 e. The third-order valence-electron chi connectivity index (χ3n) is 2.36. The molecule has 0 aromatic heterocycles. The van der Waals surface area contributed by atoms with E-state index in [2.05, 4.69) is 4.74 Å². The van der Waals surface area contributed by atoms with Gasteiger partial charge in [-0.2, -0.15) is 0 Å². The van der Waals surface area contributed by atoms with E-state index in [0.717, 1.165) is 10.6 Å². The highest BCUT2D eigenvalue weighted by molar-refractivity contribution is 8.00. The van der Waals surface area contributed by atoms with Crippen LogP contribution in [0, 0.1) is 0 Å². The van der Waals surface area contributed by atoms with E-state index in [1.54, 1.807) is 7.11 Å². The van der Waals surface area contributed by atoms with Crippen LogP contribution < -0.4 is 10.5 Å². The van der Waals surface area contributed by atoms with Gasteiger partial charge in [0, 0.05) is 10.1 Å². The van der Waals surface area contributed by atoms with E-state index in [1.165, 1.54) is 18.9 Å². The number of carbonyl (C=O) groups excluding carboxylic acids is 1. The van der Waals surface area contributed by atoms with Gasteiger partial charge in [-0.25, -0.2) is 0 Å². The van der Waals surface area contributed by atoms with Crippen LogP contribution in [0.5, 0.6) is 5.75 Å². The normalized spacial score (nSPS) is 13.9. The smallest absolute Gasteiger partial charge is 0.323 e. The van der Waals surface area contributed by atoms with E-state index in [0.29, 0.717) is 0 Å². The minimum absolute atomic E-state index is 0.0455. The average Bonchev–Trinajstić information content (AvgIpc) is 2.37. The maximum atomic E-state index is 11.3. The van der Waals surface area contributed by atoms with Gasteiger partial charge in [0.2, 0.25) is 0 Å². The number of esters is 1. The Bertz CT molecular complexity index is 367. The second kappa shape index (κ2) is 6.51. The van der Waals surface area contributed by atoms with E-state index in [9.17, 15) is 4.79 Å². The topological polar surface area (TPSA) is 61.5 Å². The molecule has 0 fully saturated rings. The molecule has 5 heteroatoms. The Labute approximate surface area is 105 Å². The van der Waals surface area contributed by atoms with Crippen LogP contribution in [0.3, 0.4) is 0 Å². The summed E-state index contributed by atoms with van der Waals surface area (Å²) in [5.41, 5.74) is 5.76. The van der Waals surface area contributed by atoms with Crippen LogP contribution in [0.4, 0.5) is 0 Å². The van der Waals surface area contributed by atoms with Crippen molar-refractivity contribution in [1.29, 1.82) is 0 Å². The number of methoxy groups -OCH3 is 2. The van der Waals surface area contributed by atoms with Crippen LogP contribution in [0.25, 0.3) is 0 Å². The molecule has 4 nitrogen and oxygen atoms in total. The Hall–Kier alpha value is -1.20. The summed E-state index contributed by atoms with van der Waals surface area (Å²) in [6.45, 7) is 1.90. The van der Waals surface area contributed by atoms with Crippen molar-refractivity contribution in [3.63, 3.8) is 0 Å². The molecule has 17 heavy (non-hydrogen) atoms. The van der Waals surface area contributed by atoms with E-state index >= 15 is 0 Å². The quantitative estimate of drug-likeness (QED) is 0.640. The Kier molecular flexibility index (Phi) is 5.31. The molecule has 0 unspecified atom stereocenters. The van der Waals surface area contributed by atoms with Crippen LogP contribution in [-0.4, -0.2) is 31.5 Å². The summed E-state index contributed by atoms with van der Waals surface area (Å²) in [6, 6.07) is 7.00. The second-order valence-electron chi connectivity index (χ2n) is 3.55. The highest BCUT2D eigenvalue weighted by Crippen LogP contribution is 2.26. The van der Waals surface area contributed by atoms with E-state index in [4.69, 9.17) is 10.5 Å². The number of hydrogen-bond acceptors (Lipinski definition) is 5. The number of nitrogens with two attached hydrogens (primary N) is 1. The molecule has 0 bridgehead atoms. The van der Waals surface area contributed by atoms with Gasteiger partial charge < -0.3 is 15.2 Å². The summed E-state index contributed by atoms with van der Waals surface area (Å²) in [4.78, 5) is 12.3. The zero-order chi connectivity index (χ0) is 12.8. The highest BCUT2D eigenvalue weighted by Gasteiger charge is 2.22. The maximum absolute atomic E-state index is 11.3. The fourth-order valence-electron chi connectivity index (χ4n) is 1.27. The lowest BCUT2D eigenvalue weighted by molar-refractivity contribution is -0.142. The van der Waals surface area contributed by atoms with Gasteiger partial charge in [0.05, 0.1) is 14.2 Å². The van der Waals surface area contributed by atoms with Crippen molar-refractivity contribution >= 4 is 17.7 Å². The van der Waals surface area contributed by atoms with Gasteiger partial charge in [-0.3, -0.25) is 4.79 Å². The first-order valence-corrected chi connectivity index (χ1v) is 6.10. The molecular weight excluding hydrogens is 238 g/mol. The largest absolute Gasteiger partial charge is 0.497 e. The molecule has 1 aromatic rings. The minimum Gasteiger partial charge on any atom is -0.497 e. The fraction of sp³-hybridized carbons (Fsp3) is 0.417. The fourth-order valence-corrected chi connectivity index (χ4v) is 2.25. The van der Waals surface area contributed by atoms with Gasteiger partial charge in [0.15, 0.2) is 0 Å². The van der Waals surface area contributed by atoms with Crippen molar-refractivity contribution in [3.8, 4) is 5.75 Å². The predicted octanol–water partition coefficient (Wildman–Crippen LogP) is 1.68. The second-order valence-corrected chi connectivity index (χ2v) is 5.00. The Morgan fingerprint density at radius 1 is 1.29 bits per heavy atom. The first-order chi connectivity index (χ1) is 8.08. The lowest BCUT2D eigenvalue weighted by Gasteiger charge is -2.17. The standard InChI is InChI=1S/C12H17NO3S/c1-8(11(13)12(14)16-3)17-10-6-4-9(15-2)5-7-10/h4-8,11H,13H2,1-3H3/t8-,11+/m1/s1. The molecule has 1 rings (SSSR count). The van der Waals surface area contributed by atoms with Crippen molar-refractivity contribution in [2.24, 2.45) is 5.73 Å². The molecule has 0 aliphatic carbocycles. The molecule has 0 heterocycles. The molecule has 0 amide bonds. The number of rotatable bonds is 5. The van der Waals surface area contributed by atoms with Crippen molar-refractivity contribution < 1.29 is 14.3 Å². The molecule has 2 atom stereocenters. The van der Waals surface area contributed by atoms with Gasteiger partial charge in [-0.15, -0.1) is 11.8 Å². The van der Waals surface area contributed by atoms with E-state index in [-0.39, 0.29) is 5.25 Å². The molecule has 94 valence electrons. The molecular formula is C12H17NO3S.